The molecule has 9 unspecified atom stereocenters. The van der Waals surface area contributed by atoms with Gasteiger partial charge in [0.25, 0.3) is 0 Å². The predicted octanol–water partition coefficient (Wildman–Crippen LogP) is 0.128. The van der Waals surface area contributed by atoms with Crippen molar-refractivity contribution in [1.82, 2.24) is 0 Å². The Kier molecular flexibility index (Phi) is 14.5. The minimum Gasteiger partial charge on any atom is -0.394 e. The number of aliphatic hydroxyl groups is 7. The van der Waals surface area contributed by atoms with Crippen LogP contribution in [0.25, 0.3) is 0 Å². The summed E-state index contributed by atoms with van der Waals surface area (Å²) < 4.78 is 49.6. The Balaban J connectivity index is 1.32. The van der Waals surface area contributed by atoms with E-state index in [9.17, 15) is 35.7 Å². The molecule has 3 aromatic rings. The highest BCUT2D eigenvalue weighted by Crippen LogP contribution is 2.36. The zero-order valence-corrected chi connectivity index (χ0v) is 29.8. The highest BCUT2D eigenvalue weighted by Gasteiger charge is 2.54. The lowest BCUT2D eigenvalue weighted by Gasteiger charge is -2.49. The molecule has 0 aromatic heterocycles. The quantitative estimate of drug-likeness (QED) is 0.110. The maximum Gasteiger partial charge on any atom is 0.187 e. The maximum absolute atomic E-state index is 11.3. The smallest absolute Gasteiger partial charge is 0.187 e. The van der Waals surface area contributed by atoms with Crippen LogP contribution < -0.4 is 0 Å². The molecule has 15 nitrogen and oxygen atoms in total. The minimum atomic E-state index is -1.85. The van der Waals surface area contributed by atoms with Crippen LogP contribution in [0, 0.1) is 0 Å². The van der Waals surface area contributed by atoms with Crippen molar-refractivity contribution in [2.24, 2.45) is 0 Å². The van der Waals surface area contributed by atoms with Crippen LogP contribution in [0.1, 0.15) is 23.6 Å². The van der Waals surface area contributed by atoms with E-state index < -0.39 is 105 Å². The average molecular weight is 759 g/mol. The van der Waals surface area contributed by atoms with Crippen molar-refractivity contribution in [3.8, 4) is 0 Å². The fraction of sp³-hybridized carbons (Fsp3) is 0.538. The summed E-state index contributed by atoms with van der Waals surface area (Å²) in [7, 11) is 0. The standard InChI is InChI=1S/C39H50O15/c1-22-32(47-19-23-11-5-2-6-12-23)35(48-20-24-13-7-3-8-14-24)36(49-21-25-15-9-4-10-16-25)39(50-22)54-34-31(45)37(46)51-27(18-41)33(34)53-38-30(44)29(43)28(42)26(17-40)52-38/h2-16,22,26-46H,17-21H2,1H3/t22?,26?,27?,28-,29?,30?,31?,32-,33+,34?,35?,36?,37+,38-,39-/m0/s1. The van der Waals surface area contributed by atoms with E-state index in [4.69, 9.17) is 37.9 Å². The molecule has 296 valence electrons. The van der Waals surface area contributed by atoms with Gasteiger partial charge >= 0.3 is 0 Å². The van der Waals surface area contributed by atoms with Crippen LogP contribution in [0.4, 0.5) is 0 Å². The second kappa shape index (κ2) is 19.3. The Bertz CT molecular complexity index is 1520. The van der Waals surface area contributed by atoms with Crippen LogP contribution in [0.5, 0.6) is 0 Å². The molecule has 0 amide bonds. The van der Waals surface area contributed by atoms with Gasteiger partial charge in [0.15, 0.2) is 18.9 Å². The van der Waals surface area contributed by atoms with Crippen molar-refractivity contribution in [2.75, 3.05) is 13.2 Å². The summed E-state index contributed by atoms with van der Waals surface area (Å²) in [5.41, 5.74) is 2.65. The third-order valence-electron chi connectivity index (χ3n) is 9.83. The van der Waals surface area contributed by atoms with Gasteiger partial charge in [0.2, 0.25) is 0 Å². The number of aliphatic hydroxyl groups excluding tert-OH is 7. The normalized spacial score (nSPS) is 37.2. The first-order valence-corrected chi connectivity index (χ1v) is 18.0. The summed E-state index contributed by atoms with van der Waals surface area (Å²) >= 11 is 0. The van der Waals surface area contributed by atoms with E-state index in [1.54, 1.807) is 6.92 Å². The van der Waals surface area contributed by atoms with Crippen LogP contribution in [0.3, 0.4) is 0 Å². The van der Waals surface area contributed by atoms with Crippen LogP contribution in [-0.2, 0) is 57.7 Å². The molecule has 7 N–H and O–H groups in total. The van der Waals surface area contributed by atoms with Gasteiger partial charge in [-0.1, -0.05) is 91.0 Å². The van der Waals surface area contributed by atoms with E-state index in [1.807, 2.05) is 91.0 Å². The topological polar surface area (TPSA) is 215 Å². The molecule has 3 fully saturated rings. The highest BCUT2D eigenvalue weighted by atomic mass is 16.8. The molecule has 3 aromatic carbocycles. The SMILES string of the molecule is CC1O[C@@H](OC2C(O)[C@H](O)OC(CO)[C@H]2O[C@@H]2OC(CO)[C@H](O)C(O)C2O)C(OCc2ccccc2)C(OCc2ccccc2)[C@H]1OCc1ccccc1. The summed E-state index contributed by atoms with van der Waals surface area (Å²) in [5.74, 6) is 0. The van der Waals surface area contributed by atoms with Gasteiger partial charge in [-0.15, -0.1) is 0 Å². The lowest BCUT2D eigenvalue weighted by Crippen LogP contribution is -2.67. The zero-order valence-electron chi connectivity index (χ0n) is 29.8. The van der Waals surface area contributed by atoms with Crippen molar-refractivity contribution in [2.45, 2.75) is 119 Å². The summed E-state index contributed by atoms with van der Waals surface area (Å²) in [6.07, 6.45) is -20.8. The summed E-state index contributed by atoms with van der Waals surface area (Å²) in [6.45, 7) is 0.839. The Morgan fingerprint density at radius 3 is 1.46 bits per heavy atom. The molecule has 15 atom stereocenters. The number of ether oxygens (including phenoxy) is 8. The fourth-order valence-electron chi connectivity index (χ4n) is 6.84. The number of hydrogen-bond acceptors (Lipinski definition) is 15. The number of rotatable bonds is 15. The van der Waals surface area contributed by atoms with Gasteiger partial charge < -0.3 is 73.6 Å². The zero-order chi connectivity index (χ0) is 38.2. The summed E-state index contributed by atoms with van der Waals surface area (Å²) in [5, 5.41) is 73.6. The largest absolute Gasteiger partial charge is 0.394 e. The van der Waals surface area contributed by atoms with E-state index in [1.165, 1.54) is 0 Å². The molecule has 0 spiro atoms. The summed E-state index contributed by atoms with van der Waals surface area (Å²) in [6, 6.07) is 28.6. The van der Waals surface area contributed by atoms with Gasteiger partial charge in [-0.2, -0.15) is 0 Å². The molecule has 54 heavy (non-hydrogen) atoms. The number of benzene rings is 3. The van der Waals surface area contributed by atoms with Crippen LogP contribution in [0.2, 0.25) is 0 Å². The molecule has 0 saturated carbocycles. The number of hydrogen-bond donors (Lipinski definition) is 7. The van der Waals surface area contributed by atoms with Crippen LogP contribution >= 0.6 is 0 Å². The molecule has 3 aliphatic rings. The van der Waals surface area contributed by atoms with E-state index in [-0.39, 0.29) is 19.8 Å². The first-order chi connectivity index (χ1) is 26.2. The van der Waals surface area contributed by atoms with Crippen molar-refractivity contribution < 1.29 is 73.6 Å². The Morgan fingerprint density at radius 2 is 0.944 bits per heavy atom. The maximum atomic E-state index is 11.3. The van der Waals surface area contributed by atoms with Crippen molar-refractivity contribution in [1.29, 1.82) is 0 Å². The van der Waals surface area contributed by atoms with Crippen molar-refractivity contribution in [3.63, 3.8) is 0 Å². The molecule has 3 heterocycles. The van der Waals surface area contributed by atoms with E-state index in [0.717, 1.165) is 16.7 Å². The van der Waals surface area contributed by atoms with Gasteiger partial charge in [-0.3, -0.25) is 0 Å². The fourth-order valence-corrected chi connectivity index (χ4v) is 6.84. The molecule has 15 heteroatoms. The molecule has 0 bridgehead atoms. The molecule has 0 aliphatic carbocycles. The van der Waals surface area contributed by atoms with E-state index >= 15 is 0 Å². The summed E-state index contributed by atoms with van der Waals surface area (Å²) in [4.78, 5) is 0. The molecule has 3 aliphatic heterocycles. The van der Waals surface area contributed by atoms with Crippen molar-refractivity contribution >= 4 is 0 Å². The monoisotopic (exact) mass is 758 g/mol. The minimum absolute atomic E-state index is 0.0999. The van der Waals surface area contributed by atoms with Gasteiger partial charge in [0, 0.05) is 0 Å². The lowest BCUT2D eigenvalue weighted by molar-refractivity contribution is -0.387. The third kappa shape index (κ3) is 9.70. The average Bonchev–Trinajstić information content (AvgIpc) is 3.20. The Morgan fingerprint density at radius 1 is 0.463 bits per heavy atom. The lowest BCUT2D eigenvalue weighted by atomic mass is 9.95. The first kappa shape index (κ1) is 40.7. The van der Waals surface area contributed by atoms with Gasteiger partial charge in [-0.25, -0.2) is 0 Å². The molecule has 3 saturated heterocycles. The molecule has 0 radical (unpaired) electrons. The second-order valence-corrected chi connectivity index (χ2v) is 13.6. The van der Waals surface area contributed by atoms with Crippen LogP contribution in [-0.4, -0.2) is 141 Å². The molecular weight excluding hydrogens is 708 g/mol. The first-order valence-electron chi connectivity index (χ1n) is 18.0. The second-order valence-electron chi connectivity index (χ2n) is 13.6. The van der Waals surface area contributed by atoms with E-state index in [2.05, 4.69) is 0 Å². The molecular formula is C39H50O15. The van der Waals surface area contributed by atoms with Gasteiger partial charge in [-0.05, 0) is 23.6 Å². The van der Waals surface area contributed by atoms with Crippen LogP contribution in [0.15, 0.2) is 91.0 Å². The highest BCUT2D eigenvalue weighted by molar-refractivity contribution is 5.16. The van der Waals surface area contributed by atoms with Gasteiger partial charge in [0.1, 0.15) is 67.1 Å². The molecule has 6 rings (SSSR count). The Labute approximate surface area is 313 Å². The van der Waals surface area contributed by atoms with Gasteiger partial charge in [0.05, 0.1) is 39.1 Å². The Hall–Kier alpha value is -2.94. The van der Waals surface area contributed by atoms with Crippen molar-refractivity contribution in [3.05, 3.63) is 108 Å². The third-order valence-corrected chi connectivity index (χ3v) is 9.83. The predicted molar refractivity (Wildman–Crippen MR) is 187 cm³/mol. The van der Waals surface area contributed by atoms with E-state index in [0.29, 0.717) is 0 Å².